The van der Waals surface area contributed by atoms with Gasteiger partial charge in [-0.25, -0.2) is 4.79 Å². The largest absolute Gasteiger partial charge is 0.508 e. The van der Waals surface area contributed by atoms with E-state index in [0.29, 0.717) is 17.7 Å². The quantitative estimate of drug-likeness (QED) is 0.469. The summed E-state index contributed by atoms with van der Waals surface area (Å²) >= 11 is 0. The zero-order chi connectivity index (χ0) is 18.9. The number of aromatic hydroxyl groups is 1. The van der Waals surface area contributed by atoms with Crippen molar-refractivity contribution in [3.05, 3.63) is 59.7 Å². The summed E-state index contributed by atoms with van der Waals surface area (Å²) in [6, 6.07) is 12.7. The lowest BCUT2D eigenvalue weighted by molar-refractivity contribution is -0.144. The lowest BCUT2D eigenvalue weighted by Gasteiger charge is -2.12. The molecule has 0 aromatic heterocycles. The average molecular weight is 355 g/mol. The van der Waals surface area contributed by atoms with Crippen LogP contribution in [0.1, 0.15) is 25.0 Å². The molecule has 0 aliphatic carbocycles. The molecule has 0 spiro atoms. The fourth-order valence-corrected chi connectivity index (χ4v) is 2.30. The summed E-state index contributed by atoms with van der Waals surface area (Å²) in [5.74, 6) is -0.352. The molecule has 0 bridgehead atoms. The third kappa shape index (κ3) is 5.73. The first-order valence-corrected chi connectivity index (χ1v) is 8.24. The number of phenolic OH excluding ortho intramolecular Hbond substituents is 1. The molecule has 136 valence electrons. The van der Waals surface area contributed by atoms with Crippen molar-refractivity contribution in [2.24, 2.45) is 4.99 Å². The SMILES string of the molecule is CCOC(=O)[C@H](Cc1ccc(O)cc1)N=Cc1ccccc1OC(C)=O. The summed E-state index contributed by atoms with van der Waals surface area (Å²) in [4.78, 5) is 27.8. The number of aliphatic imine (C=N–C) groups is 1. The molecule has 0 heterocycles. The lowest BCUT2D eigenvalue weighted by atomic mass is 10.1. The number of ether oxygens (including phenoxy) is 2. The van der Waals surface area contributed by atoms with Gasteiger partial charge in [-0.05, 0) is 36.8 Å². The second kappa shape index (κ2) is 9.36. The molecule has 6 nitrogen and oxygen atoms in total. The summed E-state index contributed by atoms with van der Waals surface area (Å²) in [5.41, 5.74) is 1.42. The van der Waals surface area contributed by atoms with Gasteiger partial charge in [0, 0.05) is 25.1 Å². The molecule has 2 aromatic rings. The second-order valence-corrected chi connectivity index (χ2v) is 5.55. The Bertz CT molecular complexity index is 783. The molecular formula is C20H21NO5. The van der Waals surface area contributed by atoms with Crippen molar-refractivity contribution in [2.45, 2.75) is 26.3 Å². The maximum Gasteiger partial charge on any atom is 0.331 e. The first-order chi connectivity index (χ1) is 12.5. The van der Waals surface area contributed by atoms with E-state index in [0.717, 1.165) is 5.56 Å². The maximum absolute atomic E-state index is 12.2. The van der Waals surface area contributed by atoms with Crippen LogP contribution in [-0.4, -0.2) is 35.9 Å². The summed E-state index contributed by atoms with van der Waals surface area (Å²) in [6.45, 7) is 3.31. The van der Waals surface area contributed by atoms with Crippen LogP contribution in [0.15, 0.2) is 53.5 Å². The van der Waals surface area contributed by atoms with Crippen LogP contribution >= 0.6 is 0 Å². The molecular weight excluding hydrogens is 334 g/mol. The van der Waals surface area contributed by atoms with Gasteiger partial charge in [-0.15, -0.1) is 0 Å². The fourth-order valence-electron chi connectivity index (χ4n) is 2.30. The molecule has 2 rings (SSSR count). The summed E-state index contributed by atoms with van der Waals surface area (Å²) in [5, 5.41) is 9.38. The summed E-state index contributed by atoms with van der Waals surface area (Å²) in [7, 11) is 0. The smallest absolute Gasteiger partial charge is 0.331 e. The van der Waals surface area contributed by atoms with Gasteiger partial charge in [-0.3, -0.25) is 9.79 Å². The van der Waals surface area contributed by atoms with Crippen molar-refractivity contribution >= 4 is 18.2 Å². The molecule has 1 N–H and O–H groups in total. The summed E-state index contributed by atoms with van der Waals surface area (Å²) < 4.78 is 10.2. The predicted octanol–water partition coefficient (Wildman–Crippen LogP) is 2.91. The highest BCUT2D eigenvalue weighted by Crippen LogP contribution is 2.17. The van der Waals surface area contributed by atoms with E-state index in [-0.39, 0.29) is 12.4 Å². The number of rotatable bonds is 7. The van der Waals surface area contributed by atoms with Gasteiger partial charge in [0.25, 0.3) is 0 Å². The molecule has 0 saturated heterocycles. The Morgan fingerprint density at radius 3 is 2.50 bits per heavy atom. The fraction of sp³-hybridized carbons (Fsp3) is 0.250. The zero-order valence-corrected chi connectivity index (χ0v) is 14.7. The Morgan fingerprint density at radius 2 is 1.85 bits per heavy atom. The molecule has 1 atom stereocenters. The van der Waals surface area contributed by atoms with Gasteiger partial charge < -0.3 is 14.6 Å². The zero-order valence-electron chi connectivity index (χ0n) is 14.7. The minimum atomic E-state index is -0.745. The monoisotopic (exact) mass is 355 g/mol. The van der Waals surface area contributed by atoms with E-state index in [1.807, 2.05) is 0 Å². The van der Waals surface area contributed by atoms with Crippen LogP contribution < -0.4 is 4.74 Å². The number of phenols is 1. The first kappa shape index (κ1) is 19.2. The minimum Gasteiger partial charge on any atom is -0.508 e. The van der Waals surface area contributed by atoms with Crippen molar-refractivity contribution < 1.29 is 24.2 Å². The average Bonchev–Trinajstić information content (AvgIpc) is 2.61. The molecule has 0 unspecified atom stereocenters. The second-order valence-electron chi connectivity index (χ2n) is 5.55. The Morgan fingerprint density at radius 1 is 1.15 bits per heavy atom. The minimum absolute atomic E-state index is 0.153. The van der Waals surface area contributed by atoms with Crippen LogP contribution in [0.3, 0.4) is 0 Å². The molecule has 6 heteroatoms. The number of carbonyl (C=O) groups is 2. The Hall–Kier alpha value is -3.15. The van der Waals surface area contributed by atoms with Crippen molar-refractivity contribution in [3.8, 4) is 11.5 Å². The number of carbonyl (C=O) groups excluding carboxylic acids is 2. The first-order valence-electron chi connectivity index (χ1n) is 8.24. The Balaban J connectivity index is 2.23. The highest BCUT2D eigenvalue weighted by molar-refractivity contribution is 5.87. The highest BCUT2D eigenvalue weighted by atomic mass is 16.5. The van der Waals surface area contributed by atoms with E-state index in [1.54, 1.807) is 55.5 Å². The predicted molar refractivity (Wildman–Crippen MR) is 97.6 cm³/mol. The van der Waals surface area contributed by atoms with Crippen molar-refractivity contribution in [3.63, 3.8) is 0 Å². The molecule has 0 amide bonds. The van der Waals surface area contributed by atoms with Crippen LogP contribution in [0.4, 0.5) is 0 Å². The van der Waals surface area contributed by atoms with Crippen LogP contribution in [0, 0.1) is 0 Å². The molecule has 0 aliphatic rings. The van der Waals surface area contributed by atoms with Gasteiger partial charge in [0.05, 0.1) is 6.61 Å². The molecule has 2 aromatic carbocycles. The van der Waals surface area contributed by atoms with Gasteiger partial charge in [0.2, 0.25) is 0 Å². The van der Waals surface area contributed by atoms with Gasteiger partial charge in [-0.1, -0.05) is 24.3 Å². The third-order valence-corrected chi connectivity index (χ3v) is 3.49. The molecule has 0 radical (unpaired) electrons. The van der Waals surface area contributed by atoms with Crippen molar-refractivity contribution in [1.82, 2.24) is 0 Å². The Labute approximate surface area is 152 Å². The van der Waals surface area contributed by atoms with Crippen molar-refractivity contribution in [2.75, 3.05) is 6.61 Å². The molecule has 0 saturated carbocycles. The summed E-state index contributed by atoms with van der Waals surface area (Å²) in [6.07, 6.45) is 1.83. The number of nitrogens with zero attached hydrogens (tertiary/aromatic N) is 1. The number of benzene rings is 2. The highest BCUT2D eigenvalue weighted by Gasteiger charge is 2.19. The van der Waals surface area contributed by atoms with E-state index in [1.165, 1.54) is 13.1 Å². The van der Waals surface area contributed by atoms with Crippen LogP contribution in [0.25, 0.3) is 0 Å². The standard InChI is InChI=1S/C20H21NO5/c1-3-25-20(24)18(12-15-8-10-17(23)11-9-15)21-13-16-6-4-5-7-19(16)26-14(2)22/h4-11,13,18,23H,3,12H2,1-2H3/t18-/m0/s1. The van der Waals surface area contributed by atoms with E-state index in [4.69, 9.17) is 9.47 Å². The van der Waals surface area contributed by atoms with Crippen LogP contribution in [0.5, 0.6) is 11.5 Å². The third-order valence-electron chi connectivity index (χ3n) is 3.49. The number of esters is 2. The van der Waals surface area contributed by atoms with E-state index in [2.05, 4.69) is 4.99 Å². The van der Waals surface area contributed by atoms with E-state index in [9.17, 15) is 14.7 Å². The number of para-hydroxylation sites is 1. The number of hydrogen-bond acceptors (Lipinski definition) is 6. The van der Waals surface area contributed by atoms with Gasteiger partial charge in [-0.2, -0.15) is 0 Å². The van der Waals surface area contributed by atoms with Gasteiger partial charge in [0.15, 0.2) is 6.04 Å². The van der Waals surface area contributed by atoms with Crippen molar-refractivity contribution in [1.29, 1.82) is 0 Å². The Kier molecular flexibility index (Phi) is 6.91. The number of hydrogen-bond donors (Lipinski definition) is 1. The molecule has 0 aliphatic heterocycles. The van der Waals surface area contributed by atoms with Gasteiger partial charge >= 0.3 is 11.9 Å². The lowest BCUT2D eigenvalue weighted by Crippen LogP contribution is -2.24. The van der Waals surface area contributed by atoms with Gasteiger partial charge in [0.1, 0.15) is 11.5 Å². The molecule has 26 heavy (non-hydrogen) atoms. The van der Waals surface area contributed by atoms with Crippen LogP contribution in [-0.2, 0) is 20.7 Å². The topological polar surface area (TPSA) is 85.2 Å². The molecule has 0 fully saturated rings. The maximum atomic E-state index is 12.2. The van der Waals surface area contributed by atoms with E-state index >= 15 is 0 Å². The normalized spacial score (nSPS) is 11.9. The van der Waals surface area contributed by atoms with E-state index < -0.39 is 18.0 Å². The van der Waals surface area contributed by atoms with Crippen LogP contribution in [0.2, 0.25) is 0 Å².